The van der Waals surface area contributed by atoms with Crippen molar-refractivity contribution < 1.29 is 4.79 Å². The van der Waals surface area contributed by atoms with Crippen LogP contribution in [-0.2, 0) is 11.2 Å². The third-order valence-electron chi connectivity index (χ3n) is 4.70. The molecule has 0 spiro atoms. The molecule has 2 heterocycles. The standard InChI is InChI=1S/C18H24N4O/c1-13(2)17-10-7-11-21(17)18(23)12-16-14(3)22(20-19-16)15-8-5-4-6-9-15/h4-6,8-9,13,17H,7,10-12H2,1-3H3. The van der Waals surface area contributed by atoms with Crippen molar-refractivity contribution in [2.24, 2.45) is 5.92 Å². The van der Waals surface area contributed by atoms with Crippen LogP contribution in [-0.4, -0.2) is 38.4 Å². The Labute approximate surface area is 137 Å². The predicted octanol–water partition coefficient (Wildman–Crippen LogP) is 2.77. The van der Waals surface area contributed by atoms with E-state index in [2.05, 4.69) is 24.2 Å². The minimum absolute atomic E-state index is 0.171. The van der Waals surface area contributed by atoms with E-state index in [4.69, 9.17) is 0 Å². The summed E-state index contributed by atoms with van der Waals surface area (Å²) in [6.07, 6.45) is 2.55. The molecule has 1 fully saturated rings. The zero-order valence-electron chi connectivity index (χ0n) is 14.1. The summed E-state index contributed by atoms with van der Waals surface area (Å²) < 4.78 is 1.80. The van der Waals surface area contributed by atoms with Crippen LogP contribution in [0, 0.1) is 12.8 Å². The number of carbonyl (C=O) groups excluding carboxylic acids is 1. The number of likely N-dealkylation sites (tertiary alicyclic amines) is 1. The van der Waals surface area contributed by atoms with Crippen molar-refractivity contribution in [1.82, 2.24) is 19.9 Å². The Hall–Kier alpha value is -2.17. The van der Waals surface area contributed by atoms with Gasteiger partial charge in [0, 0.05) is 12.6 Å². The Morgan fingerprint density at radius 2 is 2.04 bits per heavy atom. The van der Waals surface area contributed by atoms with Gasteiger partial charge in [-0.2, -0.15) is 0 Å². The van der Waals surface area contributed by atoms with Crippen LogP contribution in [0.1, 0.15) is 38.1 Å². The number of carbonyl (C=O) groups is 1. The molecule has 1 unspecified atom stereocenters. The third kappa shape index (κ3) is 3.14. The van der Waals surface area contributed by atoms with Crippen molar-refractivity contribution in [3.8, 4) is 5.69 Å². The Balaban J connectivity index is 1.76. The van der Waals surface area contributed by atoms with Gasteiger partial charge in [0.15, 0.2) is 0 Å². The van der Waals surface area contributed by atoms with Crippen LogP contribution in [0.15, 0.2) is 30.3 Å². The van der Waals surface area contributed by atoms with Crippen LogP contribution in [0.4, 0.5) is 0 Å². The molecule has 1 atom stereocenters. The van der Waals surface area contributed by atoms with Crippen LogP contribution in [0.3, 0.4) is 0 Å². The number of hydrogen-bond acceptors (Lipinski definition) is 3. The molecule has 1 saturated heterocycles. The summed E-state index contributed by atoms with van der Waals surface area (Å²) in [6, 6.07) is 10.3. The van der Waals surface area contributed by atoms with Crippen LogP contribution in [0.5, 0.6) is 0 Å². The highest BCUT2D eigenvalue weighted by Crippen LogP contribution is 2.24. The summed E-state index contributed by atoms with van der Waals surface area (Å²) in [5.74, 6) is 0.673. The Bertz CT molecular complexity index is 678. The number of benzene rings is 1. The molecule has 0 aliphatic carbocycles. The highest BCUT2D eigenvalue weighted by molar-refractivity contribution is 5.79. The second-order valence-electron chi connectivity index (χ2n) is 6.59. The van der Waals surface area contributed by atoms with Gasteiger partial charge in [0.1, 0.15) is 0 Å². The first-order valence-corrected chi connectivity index (χ1v) is 8.34. The molecule has 0 radical (unpaired) electrons. The van der Waals surface area contributed by atoms with Gasteiger partial charge in [-0.25, -0.2) is 4.68 Å². The molecule has 0 N–H and O–H groups in total. The van der Waals surface area contributed by atoms with Gasteiger partial charge < -0.3 is 4.90 Å². The fourth-order valence-corrected chi connectivity index (χ4v) is 3.38. The van der Waals surface area contributed by atoms with Gasteiger partial charge in [-0.05, 0) is 37.8 Å². The molecule has 1 aromatic heterocycles. The van der Waals surface area contributed by atoms with Gasteiger partial charge in [0.05, 0.1) is 23.5 Å². The maximum absolute atomic E-state index is 12.7. The molecule has 1 aliphatic heterocycles. The fraction of sp³-hybridized carbons (Fsp3) is 0.500. The largest absolute Gasteiger partial charge is 0.339 e. The lowest BCUT2D eigenvalue weighted by atomic mass is 10.0. The smallest absolute Gasteiger partial charge is 0.228 e. The second-order valence-corrected chi connectivity index (χ2v) is 6.59. The molecule has 0 saturated carbocycles. The van der Waals surface area contributed by atoms with Gasteiger partial charge in [-0.3, -0.25) is 4.79 Å². The normalized spacial score (nSPS) is 17.9. The number of para-hydroxylation sites is 1. The third-order valence-corrected chi connectivity index (χ3v) is 4.70. The van der Waals surface area contributed by atoms with E-state index in [1.807, 2.05) is 42.2 Å². The van der Waals surface area contributed by atoms with E-state index in [0.29, 0.717) is 18.4 Å². The van der Waals surface area contributed by atoms with E-state index in [0.717, 1.165) is 36.5 Å². The quantitative estimate of drug-likeness (QED) is 0.872. The molecule has 23 heavy (non-hydrogen) atoms. The zero-order valence-corrected chi connectivity index (χ0v) is 14.1. The lowest BCUT2D eigenvalue weighted by Crippen LogP contribution is -2.39. The zero-order chi connectivity index (χ0) is 16.4. The van der Waals surface area contributed by atoms with Gasteiger partial charge >= 0.3 is 0 Å². The maximum atomic E-state index is 12.7. The fourth-order valence-electron chi connectivity index (χ4n) is 3.38. The number of aromatic nitrogens is 3. The molecule has 2 aromatic rings. The molecule has 5 heteroatoms. The van der Waals surface area contributed by atoms with Crippen molar-refractivity contribution in [3.63, 3.8) is 0 Å². The molecular formula is C18H24N4O. The number of nitrogens with zero attached hydrogens (tertiary/aromatic N) is 4. The van der Waals surface area contributed by atoms with Gasteiger partial charge in [-0.1, -0.05) is 37.3 Å². The highest BCUT2D eigenvalue weighted by atomic mass is 16.2. The van der Waals surface area contributed by atoms with Crippen LogP contribution < -0.4 is 0 Å². The van der Waals surface area contributed by atoms with E-state index >= 15 is 0 Å². The highest BCUT2D eigenvalue weighted by Gasteiger charge is 2.31. The Morgan fingerprint density at radius 3 is 2.74 bits per heavy atom. The summed E-state index contributed by atoms with van der Waals surface area (Å²) in [6.45, 7) is 7.22. The van der Waals surface area contributed by atoms with E-state index in [9.17, 15) is 4.79 Å². The molecule has 1 amide bonds. The Morgan fingerprint density at radius 1 is 1.30 bits per heavy atom. The minimum atomic E-state index is 0.171. The molecule has 0 bridgehead atoms. The minimum Gasteiger partial charge on any atom is -0.339 e. The van der Waals surface area contributed by atoms with Crippen LogP contribution in [0.2, 0.25) is 0 Å². The van der Waals surface area contributed by atoms with Gasteiger partial charge in [-0.15, -0.1) is 5.10 Å². The van der Waals surface area contributed by atoms with E-state index in [1.54, 1.807) is 4.68 Å². The van der Waals surface area contributed by atoms with E-state index in [1.165, 1.54) is 0 Å². The second kappa shape index (κ2) is 6.52. The predicted molar refractivity (Wildman–Crippen MR) is 89.4 cm³/mol. The van der Waals surface area contributed by atoms with Crippen molar-refractivity contribution in [2.75, 3.05) is 6.54 Å². The average Bonchev–Trinajstić information content (AvgIpc) is 3.16. The van der Waals surface area contributed by atoms with Crippen molar-refractivity contribution in [2.45, 2.75) is 46.1 Å². The van der Waals surface area contributed by atoms with E-state index in [-0.39, 0.29) is 5.91 Å². The lowest BCUT2D eigenvalue weighted by molar-refractivity contribution is -0.132. The molecule has 122 valence electrons. The molecular weight excluding hydrogens is 288 g/mol. The maximum Gasteiger partial charge on any atom is 0.228 e. The summed E-state index contributed by atoms with van der Waals surface area (Å²) in [5, 5.41) is 8.45. The van der Waals surface area contributed by atoms with Crippen molar-refractivity contribution in [3.05, 3.63) is 41.7 Å². The Kier molecular flexibility index (Phi) is 4.46. The first kappa shape index (κ1) is 15.7. The summed E-state index contributed by atoms with van der Waals surface area (Å²) in [4.78, 5) is 14.7. The monoisotopic (exact) mass is 312 g/mol. The van der Waals surface area contributed by atoms with Gasteiger partial charge in [0.2, 0.25) is 5.91 Å². The first-order chi connectivity index (χ1) is 11.1. The lowest BCUT2D eigenvalue weighted by Gasteiger charge is -2.27. The topological polar surface area (TPSA) is 51.0 Å². The number of amides is 1. The average molecular weight is 312 g/mol. The van der Waals surface area contributed by atoms with Crippen LogP contribution >= 0.6 is 0 Å². The summed E-state index contributed by atoms with van der Waals surface area (Å²) in [5.41, 5.74) is 2.68. The van der Waals surface area contributed by atoms with Crippen molar-refractivity contribution >= 4 is 5.91 Å². The summed E-state index contributed by atoms with van der Waals surface area (Å²) in [7, 11) is 0. The van der Waals surface area contributed by atoms with E-state index < -0.39 is 0 Å². The van der Waals surface area contributed by atoms with Gasteiger partial charge in [0.25, 0.3) is 0 Å². The summed E-state index contributed by atoms with van der Waals surface area (Å²) >= 11 is 0. The molecule has 1 aromatic carbocycles. The number of rotatable bonds is 4. The molecule has 5 nitrogen and oxygen atoms in total. The number of hydrogen-bond donors (Lipinski definition) is 0. The molecule has 3 rings (SSSR count). The first-order valence-electron chi connectivity index (χ1n) is 8.34. The van der Waals surface area contributed by atoms with Crippen LogP contribution in [0.25, 0.3) is 5.69 Å². The molecule has 1 aliphatic rings. The SMILES string of the molecule is Cc1c(CC(=O)N2CCCC2C(C)C)nnn1-c1ccccc1. The van der Waals surface area contributed by atoms with Crippen molar-refractivity contribution in [1.29, 1.82) is 0 Å².